The molecule has 1 saturated heterocycles. The molecule has 1 aliphatic heterocycles. The van der Waals surface area contributed by atoms with E-state index in [1.807, 2.05) is 18.3 Å². The number of para-hydroxylation sites is 1. The van der Waals surface area contributed by atoms with Crippen molar-refractivity contribution < 1.29 is 4.74 Å². The van der Waals surface area contributed by atoms with Crippen molar-refractivity contribution in [1.29, 1.82) is 0 Å². The summed E-state index contributed by atoms with van der Waals surface area (Å²) in [6.07, 6.45) is 5.76. The van der Waals surface area contributed by atoms with Gasteiger partial charge in [-0.3, -0.25) is 9.88 Å². The van der Waals surface area contributed by atoms with Crippen molar-refractivity contribution >= 4 is 23.0 Å². The second kappa shape index (κ2) is 11.1. The number of benzene rings is 1. The summed E-state index contributed by atoms with van der Waals surface area (Å²) in [5.74, 6) is 0. The number of anilines is 1. The van der Waals surface area contributed by atoms with Crippen LogP contribution in [0.4, 0.5) is 5.69 Å². The molecule has 1 aliphatic rings. The number of thiocarbonyl (C=S) groups is 1. The van der Waals surface area contributed by atoms with E-state index in [2.05, 4.69) is 51.3 Å². The van der Waals surface area contributed by atoms with Crippen LogP contribution in [-0.2, 0) is 17.7 Å². The third kappa shape index (κ3) is 6.26. The van der Waals surface area contributed by atoms with E-state index < -0.39 is 0 Å². The number of hydrogen-bond acceptors (Lipinski definition) is 4. The molecule has 2 heterocycles. The van der Waals surface area contributed by atoms with Crippen molar-refractivity contribution in [3.05, 3.63) is 59.9 Å². The zero-order valence-electron chi connectivity index (χ0n) is 16.6. The standard InChI is InChI=1S/C22H30N4OS/c1-2-20-8-3-4-9-21(20)24-22(28)26(18-19-7-5-10-23-17-19)12-6-11-25-13-15-27-16-14-25/h3-5,7-10,17H,2,6,11-16,18H2,1H3,(H,24,28). The summed E-state index contributed by atoms with van der Waals surface area (Å²) in [7, 11) is 0. The SMILES string of the molecule is CCc1ccccc1NC(=S)N(CCCN1CCOCC1)Cc1cccnc1. The maximum atomic E-state index is 5.79. The summed E-state index contributed by atoms with van der Waals surface area (Å²) in [6.45, 7) is 8.63. The molecule has 0 aliphatic carbocycles. The van der Waals surface area contributed by atoms with Gasteiger partial charge in [0.2, 0.25) is 0 Å². The van der Waals surface area contributed by atoms with E-state index in [1.54, 1.807) is 6.20 Å². The number of aryl methyl sites for hydroxylation is 1. The van der Waals surface area contributed by atoms with E-state index in [9.17, 15) is 0 Å². The van der Waals surface area contributed by atoms with Gasteiger partial charge in [-0.2, -0.15) is 0 Å². The van der Waals surface area contributed by atoms with E-state index in [4.69, 9.17) is 17.0 Å². The Morgan fingerprint density at radius 3 is 2.79 bits per heavy atom. The van der Waals surface area contributed by atoms with Gasteiger partial charge in [-0.1, -0.05) is 31.2 Å². The van der Waals surface area contributed by atoms with Crippen LogP contribution in [0.5, 0.6) is 0 Å². The lowest BCUT2D eigenvalue weighted by molar-refractivity contribution is 0.0368. The number of rotatable bonds is 8. The van der Waals surface area contributed by atoms with Crippen molar-refractivity contribution in [3.8, 4) is 0 Å². The largest absolute Gasteiger partial charge is 0.379 e. The Labute approximate surface area is 173 Å². The molecule has 0 atom stereocenters. The van der Waals surface area contributed by atoms with E-state index in [0.29, 0.717) is 0 Å². The molecule has 0 spiro atoms. The number of morpholine rings is 1. The van der Waals surface area contributed by atoms with Crippen molar-refractivity contribution in [1.82, 2.24) is 14.8 Å². The van der Waals surface area contributed by atoms with Crippen LogP contribution in [0.3, 0.4) is 0 Å². The smallest absolute Gasteiger partial charge is 0.173 e. The predicted molar refractivity (Wildman–Crippen MR) is 119 cm³/mol. The van der Waals surface area contributed by atoms with Crippen LogP contribution in [0.1, 0.15) is 24.5 Å². The van der Waals surface area contributed by atoms with Crippen LogP contribution in [0, 0.1) is 0 Å². The molecule has 1 fully saturated rings. The molecule has 3 rings (SSSR count). The van der Waals surface area contributed by atoms with Gasteiger partial charge >= 0.3 is 0 Å². The first kappa shape index (κ1) is 20.7. The Balaban J connectivity index is 1.63. The first-order valence-corrected chi connectivity index (χ1v) is 10.5. The molecule has 0 bridgehead atoms. The van der Waals surface area contributed by atoms with Gasteiger partial charge < -0.3 is 15.0 Å². The first-order valence-electron chi connectivity index (χ1n) is 10.1. The highest BCUT2D eigenvalue weighted by Crippen LogP contribution is 2.17. The van der Waals surface area contributed by atoms with Crippen molar-refractivity contribution in [2.75, 3.05) is 44.7 Å². The highest BCUT2D eigenvalue weighted by atomic mass is 32.1. The molecule has 0 saturated carbocycles. The molecule has 150 valence electrons. The number of aromatic nitrogens is 1. The van der Waals surface area contributed by atoms with Gasteiger partial charge in [0.05, 0.1) is 13.2 Å². The Bertz CT molecular complexity index is 734. The number of hydrogen-bond donors (Lipinski definition) is 1. The third-order valence-electron chi connectivity index (χ3n) is 5.03. The Kier molecular flexibility index (Phi) is 8.21. The topological polar surface area (TPSA) is 40.6 Å². The van der Waals surface area contributed by atoms with Gasteiger partial charge in [0.1, 0.15) is 0 Å². The summed E-state index contributed by atoms with van der Waals surface area (Å²) in [5, 5.41) is 4.24. The zero-order chi connectivity index (χ0) is 19.6. The van der Waals surface area contributed by atoms with E-state index in [1.165, 1.54) is 11.1 Å². The van der Waals surface area contributed by atoms with E-state index in [-0.39, 0.29) is 0 Å². The molecule has 6 heteroatoms. The molecule has 1 aromatic heterocycles. The molecular weight excluding hydrogens is 368 g/mol. The van der Waals surface area contributed by atoms with Gasteiger partial charge in [-0.15, -0.1) is 0 Å². The fraction of sp³-hybridized carbons (Fsp3) is 0.455. The minimum absolute atomic E-state index is 0.761. The number of ether oxygens (including phenoxy) is 1. The first-order chi connectivity index (χ1) is 13.8. The van der Waals surface area contributed by atoms with Gasteiger partial charge in [0.15, 0.2) is 5.11 Å². The zero-order valence-corrected chi connectivity index (χ0v) is 17.5. The van der Waals surface area contributed by atoms with E-state index >= 15 is 0 Å². The minimum Gasteiger partial charge on any atom is -0.379 e. The van der Waals surface area contributed by atoms with E-state index in [0.717, 1.165) is 69.6 Å². The molecular formula is C22H30N4OS. The van der Waals surface area contributed by atoms with Crippen LogP contribution in [-0.4, -0.2) is 59.3 Å². The Morgan fingerprint density at radius 1 is 1.21 bits per heavy atom. The van der Waals surface area contributed by atoms with Gasteiger partial charge in [0, 0.05) is 50.8 Å². The second-order valence-electron chi connectivity index (χ2n) is 7.03. The van der Waals surface area contributed by atoms with Gasteiger partial charge in [-0.25, -0.2) is 0 Å². The summed E-state index contributed by atoms with van der Waals surface area (Å²) < 4.78 is 5.44. The number of pyridine rings is 1. The van der Waals surface area contributed by atoms with Gasteiger partial charge in [-0.05, 0) is 48.3 Å². The van der Waals surface area contributed by atoms with Crippen LogP contribution >= 0.6 is 12.2 Å². The molecule has 5 nitrogen and oxygen atoms in total. The lowest BCUT2D eigenvalue weighted by atomic mass is 10.1. The van der Waals surface area contributed by atoms with Crippen LogP contribution < -0.4 is 5.32 Å². The van der Waals surface area contributed by atoms with Crippen molar-refractivity contribution in [2.24, 2.45) is 0 Å². The molecule has 1 aromatic carbocycles. The maximum absolute atomic E-state index is 5.79. The van der Waals surface area contributed by atoms with Crippen LogP contribution in [0.25, 0.3) is 0 Å². The average molecular weight is 399 g/mol. The number of nitrogens with zero attached hydrogens (tertiary/aromatic N) is 3. The predicted octanol–water partition coefficient (Wildman–Crippen LogP) is 3.57. The summed E-state index contributed by atoms with van der Waals surface area (Å²) in [6, 6.07) is 12.4. The normalized spacial score (nSPS) is 14.6. The molecule has 0 unspecified atom stereocenters. The summed E-state index contributed by atoms with van der Waals surface area (Å²) >= 11 is 5.79. The van der Waals surface area contributed by atoms with Crippen molar-refractivity contribution in [3.63, 3.8) is 0 Å². The maximum Gasteiger partial charge on any atom is 0.173 e. The molecule has 0 radical (unpaired) electrons. The Hall–Kier alpha value is -2.02. The summed E-state index contributed by atoms with van der Waals surface area (Å²) in [5.41, 5.74) is 3.54. The second-order valence-corrected chi connectivity index (χ2v) is 7.42. The summed E-state index contributed by atoms with van der Waals surface area (Å²) in [4.78, 5) is 8.97. The van der Waals surface area contributed by atoms with Crippen LogP contribution in [0.2, 0.25) is 0 Å². The van der Waals surface area contributed by atoms with Gasteiger partial charge in [0.25, 0.3) is 0 Å². The lowest BCUT2D eigenvalue weighted by Gasteiger charge is -2.30. The fourth-order valence-electron chi connectivity index (χ4n) is 3.42. The minimum atomic E-state index is 0.761. The van der Waals surface area contributed by atoms with Crippen LogP contribution in [0.15, 0.2) is 48.8 Å². The highest BCUT2D eigenvalue weighted by Gasteiger charge is 2.14. The quantitative estimate of drug-likeness (QED) is 0.686. The van der Waals surface area contributed by atoms with Crippen molar-refractivity contribution in [2.45, 2.75) is 26.3 Å². The molecule has 2 aromatic rings. The third-order valence-corrected chi connectivity index (χ3v) is 5.39. The monoisotopic (exact) mass is 398 g/mol. The highest BCUT2D eigenvalue weighted by molar-refractivity contribution is 7.80. The average Bonchev–Trinajstić information content (AvgIpc) is 2.75. The molecule has 1 N–H and O–H groups in total. The number of nitrogens with one attached hydrogen (secondary N) is 1. The molecule has 28 heavy (non-hydrogen) atoms. The Morgan fingerprint density at radius 2 is 2.04 bits per heavy atom. The fourth-order valence-corrected chi connectivity index (χ4v) is 3.69. The lowest BCUT2D eigenvalue weighted by Crippen LogP contribution is -2.40. The molecule has 0 amide bonds.